The van der Waals surface area contributed by atoms with Gasteiger partial charge in [-0.25, -0.2) is 18.1 Å². The maximum atomic E-state index is 11.1. The number of pyridine rings is 1. The Morgan fingerprint density at radius 1 is 1.08 bits per heavy atom. The molecule has 0 aliphatic heterocycles. The number of aromatic nitrogens is 1. The van der Waals surface area contributed by atoms with Crippen LogP contribution >= 0.6 is 11.6 Å². The Hall–Kier alpha value is -1.95. The van der Waals surface area contributed by atoms with Crippen LogP contribution in [0.3, 0.4) is 0 Å². The fourth-order valence-electron chi connectivity index (χ4n) is 2.75. The molecule has 0 spiro atoms. The van der Waals surface area contributed by atoms with Crippen molar-refractivity contribution >= 4 is 32.5 Å². The summed E-state index contributed by atoms with van der Waals surface area (Å²) in [7, 11) is -3.15. The van der Waals surface area contributed by atoms with E-state index in [1.54, 1.807) is 0 Å². The summed E-state index contributed by atoms with van der Waals surface area (Å²) in [6, 6.07) is 15.8. The van der Waals surface area contributed by atoms with Crippen molar-refractivity contribution in [2.45, 2.75) is 13.3 Å². The molecule has 0 radical (unpaired) electrons. The summed E-state index contributed by atoms with van der Waals surface area (Å²) in [5.74, 6) is 0. The first-order valence-corrected chi connectivity index (χ1v) is 10.2. The highest BCUT2D eigenvalue weighted by Crippen LogP contribution is 2.33. The normalized spacial score (nSPS) is 11.8. The summed E-state index contributed by atoms with van der Waals surface area (Å²) >= 11 is 6.54. The van der Waals surface area contributed by atoms with Gasteiger partial charge in [0.1, 0.15) is 0 Å². The van der Waals surface area contributed by atoms with Gasteiger partial charge in [-0.2, -0.15) is 0 Å². The van der Waals surface area contributed by atoms with E-state index in [-0.39, 0.29) is 0 Å². The Labute approximate surface area is 152 Å². The Kier molecular flexibility index (Phi) is 5.08. The Morgan fingerprint density at radius 2 is 1.76 bits per heavy atom. The van der Waals surface area contributed by atoms with E-state index in [9.17, 15) is 8.42 Å². The van der Waals surface area contributed by atoms with Crippen molar-refractivity contribution in [3.63, 3.8) is 0 Å². The topological polar surface area (TPSA) is 59.1 Å². The number of nitrogens with zero attached hydrogens (tertiary/aromatic N) is 1. The van der Waals surface area contributed by atoms with Gasteiger partial charge in [0.25, 0.3) is 0 Å². The van der Waals surface area contributed by atoms with E-state index in [1.165, 1.54) is 0 Å². The molecule has 1 aromatic heterocycles. The number of hydrogen-bond acceptors (Lipinski definition) is 3. The van der Waals surface area contributed by atoms with Gasteiger partial charge in [0.15, 0.2) is 0 Å². The number of fused-ring (bicyclic) bond motifs is 1. The number of nitrogens with one attached hydrogen (secondary N) is 1. The van der Waals surface area contributed by atoms with Gasteiger partial charge in [-0.1, -0.05) is 54.1 Å². The largest absolute Gasteiger partial charge is 0.246 e. The molecule has 3 rings (SSSR count). The van der Waals surface area contributed by atoms with Crippen LogP contribution < -0.4 is 4.72 Å². The lowest BCUT2D eigenvalue weighted by atomic mass is 10.0. The summed E-state index contributed by atoms with van der Waals surface area (Å²) in [6.07, 6.45) is 1.79. The zero-order chi connectivity index (χ0) is 18.0. The Morgan fingerprint density at radius 3 is 2.44 bits per heavy atom. The molecule has 4 nitrogen and oxygen atoms in total. The van der Waals surface area contributed by atoms with Gasteiger partial charge >= 0.3 is 0 Å². The number of halogens is 1. The third-order valence-electron chi connectivity index (χ3n) is 4.08. The second-order valence-corrected chi connectivity index (χ2v) is 8.24. The quantitative estimate of drug-likeness (QED) is 0.735. The van der Waals surface area contributed by atoms with Crippen LogP contribution in [0.5, 0.6) is 0 Å². The fourth-order valence-corrected chi connectivity index (χ4v) is 3.48. The van der Waals surface area contributed by atoms with Crippen molar-refractivity contribution in [2.24, 2.45) is 0 Å². The molecule has 1 N–H and O–H groups in total. The smallest absolute Gasteiger partial charge is 0.208 e. The molecule has 0 bridgehead atoms. The molecule has 1 heterocycles. The lowest BCUT2D eigenvalue weighted by Gasteiger charge is -2.11. The van der Waals surface area contributed by atoms with Crippen molar-refractivity contribution < 1.29 is 8.42 Å². The lowest BCUT2D eigenvalue weighted by molar-refractivity contribution is 0.588. The van der Waals surface area contributed by atoms with Crippen molar-refractivity contribution in [3.8, 4) is 11.3 Å². The molecule has 0 unspecified atom stereocenters. The minimum absolute atomic E-state index is 0.381. The summed E-state index contributed by atoms with van der Waals surface area (Å²) in [6.45, 7) is 2.38. The minimum Gasteiger partial charge on any atom is -0.246 e. The van der Waals surface area contributed by atoms with Crippen LogP contribution in [-0.4, -0.2) is 26.2 Å². The monoisotopic (exact) mass is 374 g/mol. The standard InChI is InChI=1S/C19H19ClN2O2S/c1-13-16-5-3-4-6-17(16)22-19(18(13)20)15-9-7-14(8-10-15)11-12-21-25(2,23)24/h3-10,21H,11-12H2,1-2H3. The highest BCUT2D eigenvalue weighted by atomic mass is 35.5. The van der Waals surface area contributed by atoms with Crippen LogP contribution in [-0.2, 0) is 16.4 Å². The van der Waals surface area contributed by atoms with Gasteiger partial charge in [-0.3, -0.25) is 0 Å². The van der Waals surface area contributed by atoms with E-state index in [0.29, 0.717) is 18.0 Å². The molecule has 6 heteroatoms. The molecule has 0 aliphatic carbocycles. The number of aryl methyl sites for hydroxylation is 1. The summed E-state index contributed by atoms with van der Waals surface area (Å²) in [4.78, 5) is 4.71. The van der Waals surface area contributed by atoms with Crippen LogP contribution in [0.15, 0.2) is 48.5 Å². The molecule has 0 saturated carbocycles. The van der Waals surface area contributed by atoms with Crippen LogP contribution in [0.25, 0.3) is 22.2 Å². The zero-order valence-corrected chi connectivity index (χ0v) is 15.7. The van der Waals surface area contributed by atoms with Gasteiger partial charge in [-0.05, 0) is 30.5 Å². The molecule has 0 aliphatic rings. The first kappa shape index (κ1) is 17.9. The molecule has 25 heavy (non-hydrogen) atoms. The number of benzene rings is 2. The van der Waals surface area contributed by atoms with E-state index in [0.717, 1.165) is 39.5 Å². The predicted molar refractivity (Wildman–Crippen MR) is 103 cm³/mol. The third kappa shape index (κ3) is 4.18. The molecule has 0 atom stereocenters. The van der Waals surface area contributed by atoms with Crippen LogP contribution in [0.4, 0.5) is 0 Å². The first-order valence-electron chi connectivity index (χ1n) is 7.94. The third-order valence-corrected chi connectivity index (χ3v) is 5.27. The second kappa shape index (κ2) is 7.12. The van der Waals surface area contributed by atoms with Crippen molar-refractivity contribution in [2.75, 3.05) is 12.8 Å². The lowest BCUT2D eigenvalue weighted by Crippen LogP contribution is -2.24. The zero-order valence-electron chi connectivity index (χ0n) is 14.1. The van der Waals surface area contributed by atoms with Gasteiger partial charge in [0.2, 0.25) is 10.0 Å². The van der Waals surface area contributed by atoms with Crippen molar-refractivity contribution in [1.29, 1.82) is 0 Å². The average Bonchev–Trinajstić information content (AvgIpc) is 2.58. The van der Waals surface area contributed by atoms with Crippen LogP contribution in [0.2, 0.25) is 5.02 Å². The molecule has 2 aromatic carbocycles. The number of para-hydroxylation sites is 1. The SMILES string of the molecule is Cc1c(Cl)c(-c2ccc(CCNS(C)(=O)=O)cc2)nc2ccccc12. The molecule has 0 fully saturated rings. The minimum atomic E-state index is -3.15. The number of sulfonamides is 1. The molecule has 3 aromatic rings. The number of rotatable bonds is 5. The number of hydrogen-bond donors (Lipinski definition) is 1. The van der Waals surface area contributed by atoms with Crippen molar-refractivity contribution in [3.05, 3.63) is 64.7 Å². The maximum absolute atomic E-state index is 11.1. The second-order valence-electron chi connectivity index (χ2n) is 6.03. The van der Waals surface area contributed by atoms with E-state index < -0.39 is 10.0 Å². The summed E-state index contributed by atoms with van der Waals surface area (Å²) in [5.41, 5.74) is 4.69. The van der Waals surface area contributed by atoms with E-state index in [1.807, 2.05) is 55.5 Å². The van der Waals surface area contributed by atoms with Gasteiger partial charge in [0, 0.05) is 17.5 Å². The van der Waals surface area contributed by atoms with Crippen LogP contribution in [0, 0.1) is 6.92 Å². The van der Waals surface area contributed by atoms with E-state index in [4.69, 9.17) is 16.6 Å². The van der Waals surface area contributed by atoms with Crippen LogP contribution in [0.1, 0.15) is 11.1 Å². The maximum Gasteiger partial charge on any atom is 0.208 e. The van der Waals surface area contributed by atoms with E-state index in [2.05, 4.69) is 4.72 Å². The first-order chi connectivity index (χ1) is 11.8. The average molecular weight is 375 g/mol. The predicted octanol–water partition coefficient (Wildman–Crippen LogP) is 3.96. The summed E-state index contributed by atoms with van der Waals surface area (Å²) < 4.78 is 24.7. The van der Waals surface area contributed by atoms with Gasteiger partial charge < -0.3 is 0 Å². The molecule has 130 valence electrons. The fraction of sp³-hybridized carbons (Fsp3) is 0.211. The highest BCUT2D eigenvalue weighted by molar-refractivity contribution is 7.88. The molecule has 0 amide bonds. The van der Waals surface area contributed by atoms with Gasteiger partial charge in [-0.15, -0.1) is 0 Å². The summed E-state index contributed by atoms with van der Waals surface area (Å²) in [5, 5.41) is 1.71. The highest BCUT2D eigenvalue weighted by Gasteiger charge is 2.12. The van der Waals surface area contributed by atoms with Crippen molar-refractivity contribution in [1.82, 2.24) is 9.71 Å². The molecule has 0 saturated heterocycles. The Balaban J connectivity index is 1.87. The van der Waals surface area contributed by atoms with Gasteiger partial charge in [0.05, 0.1) is 22.5 Å². The Bertz CT molecular complexity index is 1020. The molecular weight excluding hydrogens is 356 g/mol. The molecular formula is C19H19ClN2O2S. The van der Waals surface area contributed by atoms with E-state index >= 15 is 0 Å².